The Bertz CT molecular complexity index is 738. The Morgan fingerprint density at radius 2 is 2.05 bits per heavy atom. The minimum absolute atomic E-state index is 0.0559. The van der Waals surface area contributed by atoms with Gasteiger partial charge in [0.1, 0.15) is 10.7 Å². The van der Waals surface area contributed by atoms with Gasteiger partial charge in [-0.1, -0.05) is 6.07 Å². The smallest absolute Gasteiger partial charge is 0.263 e. The summed E-state index contributed by atoms with van der Waals surface area (Å²) in [6, 6.07) is 5.77. The van der Waals surface area contributed by atoms with Gasteiger partial charge >= 0.3 is 0 Å². The summed E-state index contributed by atoms with van der Waals surface area (Å²) in [6.45, 7) is 1.96. The van der Waals surface area contributed by atoms with Crippen molar-refractivity contribution in [1.29, 1.82) is 0 Å². The first-order valence-electron chi connectivity index (χ1n) is 5.98. The Hall–Kier alpha value is -1.86. The molecule has 2 rings (SSSR count). The average Bonchev–Trinajstić information content (AvgIpc) is 2.75. The van der Waals surface area contributed by atoms with E-state index in [1.165, 1.54) is 24.4 Å². The fourth-order valence-electron chi connectivity index (χ4n) is 1.83. The second kappa shape index (κ2) is 5.26. The number of nitrogens with two attached hydrogens (primary N) is 1. The molecular formula is C13H16FN3O2S. The molecule has 1 aromatic carbocycles. The molecule has 0 unspecified atom stereocenters. The van der Waals surface area contributed by atoms with Gasteiger partial charge in [-0.25, -0.2) is 12.8 Å². The van der Waals surface area contributed by atoms with Gasteiger partial charge < -0.3 is 10.3 Å². The van der Waals surface area contributed by atoms with Crippen LogP contribution in [0.2, 0.25) is 0 Å². The number of rotatable bonds is 4. The molecule has 0 spiro atoms. The first kappa shape index (κ1) is 14.5. The van der Waals surface area contributed by atoms with E-state index in [9.17, 15) is 12.8 Å². The molecule has 5 nitrogen and oxygen atoms in total. The highest BCUT2D eigenvalue weighted by molar-refractivity contribution is 7.92. The molecule has 1 heterocycles. The van der Waals surface area contributed by atoms with E-state index in [-0.39, 0.29) is 17.1 Å². The second-order valence-corrected chi connectivity index (χ2v) is 6.25. The highest BCUT2D eigenvalue weighted by atomic mass is 32.2. The number of hydrogen-bond acceptors (Lipinski definition) is 3. The number of sulfonamides is 1. The predicted octanol–water partition coefficient (Wildman–Crippen LogP) is 1.73. The normalized spacial score (nSPS) is 11.6. The Morgan fingerprint density at radius 3 is 2.60 bits per heavy atom. The van der Waals surface area contributed by atoms with Crippen LogP contribution in [0.4, 0.5) is 10.1 Å². The van der Waals surface area contributed by atoms with Crippen molar-refractivity contribution in [3.63, 3.8) is 0 Å². The van der Waals surface area contributed by atoms with E-state index >= 15 is 0 Å². The van der Waals surface area contributed by atoms with Crippen molar-refractivity contribution in [2.45, 2.75) is 18.4 Å². The Labute approximate surface area is 117 Å². The Kier molecular flexibility index (Phi) is 3.82. The van der Waals surface area contributed by atoms with Gasteiger partial charge in [0.2, 0.25) is 0 Å². The van der Waals surface area contributed by atoms with E-state index in [1.54, 1.807) is 24.6 Å². The monoisotopic (exact) mass is 297 g/mol. The third-order valence-corrected chi connectivity index (χ3v) is 4.30. The van der Waals surface area contributed by atoms with Crippen LogP contribution in [0.5, 0.6) is 0 Å². The predicted molar refractivity (Wildman–Crippen MR) is 75.2 cm³/mol. The molecule has 0 atom stereocenters. The lowest BCUT2D eigenvalue weighted by molar-refractivity contribution is 0.598. The summed E-state index contributed by atoms with van der Waals surface area (Å²) in [5, 5.41) is 0. The van der Waals surface area contributed by atoms with Crippen molar-refractivity contribution >= 4 is 15.7 Å². The number of aryl methyl sites for hydroxylation is 2. The highest BCUT2D eigenvalue weighted by Gasteiger charge is 2.19. The minimum atomic E-state index is -3.83. The topological polar surface area (TPSA) is 77.1 Å². The van der Waals surface area contributed by atoms with Crippen LogP contribution in [0.25, 0.3) is 0 Å². The van der Waals surface area contributed by atoms with Crippen LogP contribution in [0.15, 0.2) is 35.4 Å². The number of hydrogen-bond donors (Lipinski definition) is 2. The number of halogens is 1. The fourth-order valence-corrected chi connectivity index (χ4v) is 2.99. The Balaban J connectivity index is 2.35. The molecule has 7 heteroatoms. The molecule has 0 radical (unpaired) electrons. The lowest BCUT2D eigenvalue weighted by atomic mass is 10.2. The molecule has 108 valence electrons. The largest absolute Gasteiger partial charge is 0.352 e. The number of anilines is 1. The molecule has 0 aliphatic rings. The van der Waals surface area contributed by atoms with E-state index in [4.69, 9.17) is 5.73 Å². The Morgan fingerprint density at radius 1 is 1.35 bits per heavy atom. The number of nitrogens with zero attached hydrogens (tertiary/aromatic N) is 1. The lowest BCUT2D eigenvalue weighted by Gasteiger charge is -2.08. The zero-order chi connectivity index (χ0) is 14.9. The van der Waals surface area contributed by atoms with Crippen LogP contribution in [-0.2, 0) is 23.6 Å². The van der Waals surface area contributed by atoms with Crippen molar-refractivity contribution in [3.05, 3.63) is 47.5 Å². The van der Waals surface area contributed by atoms with E-state index < -0.39 is 15.8 Å². The summed E-state index contributed by atoms with van der Waals surface area (Å²) < 4.78 is 41.9. The van der Waals surface area contributed by atoms with Crippen LogP contribution < -0.4 is 10.5 Å². The molecule has 2 aromatic rings. The van der Waals surface area contributed by atoms with E-state index in [2.05, 4.69) is 4.72 Å². The SMILES string of the molecule is Cc1ccc(NS(=O)(=O)c2cc(CN)n(C)c2)c(F)c1. The van der Waals surface area contributed by atoms with Gasteiger partial charge in [-0.2, -0.15) is 0 Å². The molecule has 0 aliphatic carbocycles. The fraction of sp³-hybridized carbons (Fsp3) is 0.231. The first-order valence-corrected chi connectivity index (χ1v) is 7.46. The number of aromatic nitrogens is 1. The molecule has 0 saturated carbocycles. The van der Waals surface area contributed by atoms with Gasteiger partial charge in [0.25, 0.3) is 10.0 Å². The highest BCUT2D eigenvalue weighted by Crippen LogP contribution is 2.21. The summed E-state index contributed by atoms with van der Waals surface area (Å²) >= 11 is 0. The van der Waals surface area contributed by atoms with Crippen molar-refractivity contribution < 1.29 is 12.8 Å². The van der Waals surface area contributed by atoms with Crippen LogP contribution in [-0.4, -0.2) is 13.0 Å². The summed E-state index contributed by atoms with van der Waals surface area (Å²) in [5.74, 6) is -0.608. The zero-order valence-corrected chi connectivity index (χ0v) is 12.0. The van der Waals surface area contributed by atoms with Gasteiger partial charge in [0, 0.05) is 25.5 Å². The van der Waals surface area contributed by atoms with E-state index in [0.29, 0.717) is 5.69 Å². The maximum Gasteiger partial charge on any atom is 0.263 e. The summed E-state index contributed by atoms with van der Waals surface area (Å²) in [5.41, 5.74) is 6.82. The molecule has 0 bridgehead atoms. The second-order valence-electron chi connectivity index (χ2n) is 4.57. The van der Waals surface area contributed by atoms with Crippen molar-refractivity contribution in [2.75, 3.05) is 4.72 Å². The molecular weight excluding hydrogens is 281 g/mol. The van der Waals surface area contributed by atoms with Crippen LogP contribution >= 0.6 is 0 Å². The van der Waals surface area contributed by atoms with Gasteiger partial charge in [0.15, 0.2) is 0 Å². The van der Waals surface area contributed by atoms with E-state index in [1.807, 2.05) is 0 Å². The molecule has 0 aliphatic heterocycles. The van der Waals surface area contributed by atoms with E-state index in [0.717, 1.165) is 5.56 Å². The van der Waals surface area contributed by atoms with Gasteiger partial charge in [-0.15, -0.1) is 0 Å². The minimum Gasteiger partial charge on any atom is -0.352 e. The molecule has 20 heavy (non-hydrogen) atoms. The number of benzene rings is 1. The van der Waals surface area contributed by atoms with Gasteiger partial charge in [-0.3, -0.25) is 4.72 Å². The number of nitrogens with one attached hydrogen (secondary N) is 1. The van der Waals surface area contributed by atoms with Crippen molar-refractivity contribution in [3.8, 4) is 0 Å². The molecule has 0 amide bonds. The first-order chi connectivity index (χ1) is 9.33. The third kappa shape index (κ3) is 2.83. The zero-order valence-electron chi connectivity index (χ0n) is 11.2. The summed E-state index contributed by atoms with van der Waals surface area (Å²) in [7, 11) is -2.12. The quantitative estimate of drug-likeness (QED) is 0.902. The van der Waals surface area contributed by atoms with Gasteiger partial charge in [-0.05, 0) is 30.7 Å². The molecule has 0 fully saturated rings. The van der Waals surface area contributed by atoms with Gasteiger partial charge in [0.05, 0.1) is 5.69 Å². The lowest BCUT2D eigenvalue weighted by Crippen LogP contribution is -2.13. The van der Waals surface area contributed by atoms with Crippen LogP contribution in [0.1, 0.15) is 11.3 Å². The molecule has 0 saturated heterocycles. The average molecular weight is 297 g/mol. The molecule has 3 N–H and O–H groups in total. The molecule has 1 aromatic heterocycles. The summed E-state index contributed by atoms with van der Waals surface area (Å²) in [4.78, 5) is 0.0559. The standard InChI is InChI=1S/C13H16FN3O2S/c1-9-3-4-13(12(14)5-9)16-20(18,19)11-6-10(7-15)17(2)8-11/h3-6,8,16H,7,15H2,1-2H3. The maximum atomic E-state index is 13.7. The van der Waals surface area contributed by atoms with Crippen LogP contribution in [0.3, 0.4) is 0 Å². The van der Waals surface area contributed by atoms with Crippen LogP contribution in [0, 0.1) is 12.7 Å². The maximum absolute atomic E-state index is 13.7. The summed E-state index contributed by atoms with van der Waals surface area (Å²) in [6.07, 6.45) is 1.44. The van der Waals surface area contributed by atoms with Crippen molar-refractivity contribution in [2.24, 2.45) is 12.8 Å². The third-order valence-electron chi connectivity index (χ3n) is 2.97. The van der Waals surface area contributed by atoms with Crippen molar-refractivity contribution in [1.82, 2.24) is 4.57 Å².